The van der Waals surface area contributed by atoms with Crippen molar-refractivity contribution in [2.45, 2.75) is 44.1 Å². The van der Waals surface area contributed by atoms with Crippen molar-refractivity contribution < 1.29 is 19.1 Å². The first-order valence-corrected chi connectivity index (χ1v) is 10.3. The Hall–Kier alpha value is -3.35. The van der Waals surface area contributed by atoms with Gasteiger partial charge < -0.3 is 15.4 Å². The van der Waals surface area contributed by atoms with Crippen molar-refractivity contribution in [2.24, 2.45) is 0 Å². The molecule has 2 aliphatic rings. The highest BCUT2D eigenvalue weighted by molar-refractivity contribution is 6.07. The molecule has 4 amide bonds. The maximum absolute atomic E-state index is 12.8. The van der Waals surface area contributed by atoms with Gasteiger partial charge in [0.1, 0.15) is 17.0 Å². The first-order chi connectivity index (χ1) is 14.6. The largest absolute Gasteiger partial charge is 0.457 e. The molecule has 1 heterocycles. The van der Waals surface area contributed by atoms with Crippen molar-refractivity contribution in [3.8, 4) is 11.5 Å². The standard InChI is InChI=1S/C23H25N3O4/c27-20(12-15-26-21(28)23(25-22(26)29)13-5-2-6-14-23)24-17-8-7-11-19(16-17)30-18-9-3-1-4-10-18/h1,3-4,7-11,16H,2,5-6,12-15H2,(H,24,27)(H,25,29). The normalized spacial score (nSPS) is 17.7. The van der Waals surface area contributed by atoms with Crippen LogP contribution in [-0.2, 0) is 9.59 Å². The van der Waals surface area contributed by atoms with Crippen LogP contribution in [-0.4, -0.2) is 34.8 Å². The number of urea groups is 1. The molecule has 2 aromatic rings. The summed E-state index contributed by atoms with van der Waals surface area (Å²) in [5, 5.41) is 5.67. The number of benzene rings is 2. The van der Waals surface area contributed by atoms with Crippen LogP contribution < -0.4 is 15.4 Å². The van der Waals surface area contributed by atoms with Gasteiger partial charge in [0.2, 0.25) is 5.91 Å². The van der Waals surface area contributed by atoms with Crippen molar-refractivity contribution in [2.75, 3.05) is 11.9 Å². The number of carbonyl (C=O) groups excluding carboxylic acids is 3. The third-order valence-corrected chi connectivity index (χ3v) is 5.61. The minimum absolute atomic E-state index is 0.0407. The summed E-state index contributed by atoms with van der Waals surface area (Å²) in [5.41, 5.74) is -0.163. The fourth-order valence-electron chi connectivity index (χ4n) is 4.07. The Bertz CT molecular complexity index is 938. The number of amides is 4. The van der Waals surface area contributed by atoms with Crippen molar-refractivity contribution in [1.82, 2.24) is 10.2 Å². The molecule has 1 saturated carbocycles. The second-order valence-corrected chi connectivity index (χ2v) is 7.77. The van der Waals surface area contributed by atoms with E-state index in [4.69, 9.17) is 4.74 Å². The lowest BCUT2D eigenvalue weighted by molar-refractivity contribution is -0.132. The number of hydrogen-bond donors (Lipinski definition) is 2. The van der Waals surface area contributed by atoms with Crippen molar-refractivity contribution in [1.29, 1.82) is 0 Å². The van der Waals surface area contributed by atoms with E-state index < -0.39 is 11.6 Å². The zero-order valence-electron chi connectivity index (χ0n) is 16.7. The molecule has 1 saturated heterocycles. The Morgan fingerprint density at radius 2 is 1.73 bits per heavy atom. The minimum atomic E-state index is -0.755. The molecule has 1 aliphatic heterocycles. The van der Waals surface area contributed by atoms with Crippen LogP contribution in [0.2, 0.25) is 0 Å². The molecule has 2 fully saturated rings. The average Bonchev–Trinajstić information content (AvgIpc) is 2.97. The van der Waals surface area contributed by atoms with E-state index in [2.05, 4.69) is 10.6 Å². The Morgan fingerprint density at radius 1 is 1.00 bits per heavy atom. The van der Waals surface area contributed by atoms with E-state index in [0.29, 0.717) is 30.0 Å². The smallest absolute Gasteiger partial charge is 0.325 e. The van der Waals surface area contributed by atoms with E-state index in [9.17, 15) is 14.4 Å². The zero-order valence-corrected chi connectivity index (χ0v) is 16.7. The number of para-hydroxylation sites is 1. The molecule has 0 bridgehead atoms. The number of nitrogens with zero attached hydrogens (tertiary/aromatic N) is 1. The number of ether oxygens (including phenoxy) is 1. The lowest BCUT2D eigenvalue weighted by Crippen LogP contribution is -2.48. The average molecular weight is 407 g/mol. The molecule has 2 aromatic carbocycles. The van der Waals surface area contributed by atoms with Crippen LogP contribution >= 0.6 is 0 Å². The van der Waals surface area contributed by atoms with Crippen molar-refractivity contribution >= 4 is 23.5 Å². The summed E-state index contributed by atoms with van der Waals surface area (Å²) in [5.74, 6) is 0.846. The van der Waals surface area contributed by atoms with E-state index in [1.54, 1.807) is 24.3 Å². The summed E-state index contributed by atoms with van der Waals surface area (Å²) in [6, 6.07) is 16.1. The van der Waals surface area contributed by atoms with Gasteiger partial charge in [0.25, 0.3) is 5.91 Å². The number of imide groups is 1. The highest BCUT2D eigenvalue weighted by Gasteiger charge is 2.51. The third-order valence-electron chi connectivity index (χ3n) is 5.61. The maximum atomic E-state index is 12.8. The van der Waals surface area contributed by atoms with Gasteiger partial charge in [-0.2, -0.15) is 0 Å². The van der Waals surface area contributed by atoms with Gasteiger partial charge in [0.15, 0.2) is 0 Å². The molecule has 30 heavy (non-hydrogen) atoms. The molecule has 0 radical (unpaired) electrons. The summed E-state index contributed by atoms with van der Waals surface area (Å²) in [4.78, 5) is 38.6. The summed E-state index contributed by atoms with van der Waals surface area (Å²) in [7, 11) is 0. The van der Waals surface area contributed by atoms with Gasteiger partial charge >= 0.3 is 6.03 Å². The first kappa shape index (κ1) is 19.9. The van der Waals surface area contributed by atoms with Gasteiger partial charge in [-0.15, -0.1) is 0 Å². The van der Waals surface area contributed by atoms with Crippen LogP contribution in [0.1, 0.15) is 38.5 Å². The number of nitrogens with one attached hydrogen (secondary N) is 2. The molecule has 156 valence electrons. The van der Waals surface area contributed by atoms with E-state index in [-0.39, 0.29) is 24.8 Å². The fourth-order valence-corrected chi connectivity index (χ4v) is 4.07. The topological polar surface area (TPSA) is 87.7 Å². The van der Waals surface area contributed by atoms with E-state index in [1.807, 2.05) is 30.3 Å². The Morgan fingerprint density at radius 3 is 2.50 bits per heavy atom. The highest BCUT2D eigenvalue weighted by Crippen LogP contribution is 2.33. The molecule has 7 nitrogen and oxygen atoms in total. The molecule has 4 rings (SSSR count). The highest BCUT2D eigenvalue weighted by atomic mass is 16.5. The maximum Gasteiger partial charge on any atom is 0.325 e. The van der Waals surface area contributed by atoms with Crippen LogP contribution in [0, 0.1) is 0 Å². The molecule has 0 unspecified atom stereocenters. The van der Waals surface area contributed by atoms with Gasteiger partial charge in [0.05, 0.1) is 0 Å². The van der Waals surface area contributed by atoms with Gasteiger partial charge in [0, 0.05) is 24.7 Å². The molecule has 0 aromatic heterocycles. The molecular formula is C23H25N3O4. The van der Waals surface area contributed by atoms with Gasteiger partial charge in [-0.1, -0.05) is 43.5 Å². The Balaban J connectivity index is 1.32. The van der Waals surface area contributed by atoms with Gasteiger partial charge in [-0.25, -0.2) is 4.79 Å². The summed E-state index contributed by atoms with van der Waals surface area (Å²) in [6.45, 7) is 0.0679. The van der Waals surface area contributed by atoms with E-state index >= 15 is 0 Å². The van der Waals surface area contributed by atoms with Crippen LogP contribution in [0.4, 0.5) is 10.5 Å². The lowest BCUT2D eigenvalue weighted by Gasteiger charge is -2.30. The lowest BCUT2D eigenvalue weighted by atomic mass is 9.82. The van der Waals surface area contributed by atoms with Gasteiger partial charge in [-0.3, -0.25) is 14.5 Å². The molecule has 1 aliphatic carbocycles. The number of anilines is 1. The van der Waals surface area contributed by atoms with E-state index in [0.717, 1.165) is 19.3 Å². The fraction of sp³-hybridized carbons (Fsp3) is 0.348. The predicted octanol–water partition coefficient (Wildman–Crippen LogP) is 4.06. The van der Waals surface area contributed by atoms with Crippen LogP contribution in [0.15, 0.2) is 54.6 Å². The van der Waals surface area contributed by atoms with E-state index in [1.165, 1.54) is 4.90 Å². The SMILES string of the molecule is O=C(CCN1C(=O)NC2(CCCCC2)C1=O)Nc1cccc(Oc2ccccc2)c1. The zero-order chi connectivity index (χ0) is 21.0. The molecule has 0 atom stereocenters. The number of rotatable bonds is 6. The Kier molecular flexibility index (Phi) is 5.70. The summed E-state index contributed by atoms with van der Waals surface area (Å²) in [6.07, 6.45) is 4.34. The first-order valence-electron chi connectivity index (χ1n) is 10.3. The van der Waals surface area contributed by atoms with Gasteiger partial charge in [-0.05, 0) is 37.1 Å². The Labute approximate surface area is 175 Å². The molecule has 2 N–H and O–H groups in total. The van der Waals surface area contributed by atoms with Crippen molar-refractivity contribution in [3.63, 3.8) is 0 Å². The van der Waals surface area contributed by atoms with Crippen LogP contribution in [0.3, 0.4) is 0 Å². The van der Waals surface area contributed by atoms with Crippen molar-refractivity contribution in [3.05, 3.63) is 54.6 Å². The van der Waals surface area contributed by atoms with Crippen LogP contribution in [0.25, 0.3) is 0 Å². The molecular weight excluding hydrogens is 382 g/mol. The second kappa shape index (κ2) is 8.57. The predicted molar refractivity (Wildman–Crippen MR) is 112 cm³/mol. The summed E-state index contributed by atoms with van der Waals surface area (Å²) < 4.78 is 5.78. The quantitative estimate of drug-likeness (QED) is 0.707. The monoisotopic (exact) mass is 407 g/mol. The molecule has 1 spiro atoms. The third kappa shape index (κ3) is 4.30. The minimum Gasteiger partial charge on any atom is -0.457 e. The number of carbonyl (C=O) groups is 3. The second-order valence-electron chi connectivity index (χ2n) is 7.77. The number of hydrogen-bond acceptors (Lipinski definition) is 4. The summed E-state index contributed by atoms with van der Waals surface area (Å²) >= 11 is 0. The molecule has 7 heteroatoms. The van der Waals surface area contributed by atoms with Crippen LogP contribution in [0.5, 0.6) is 11.5 Å².